The van der Waals surface area contributed by atoms with E-state index in [-0.39, 0.29) is 11.3 Å². The average molecular weight is 266 g/mol. The van der Waals surface area contributed by atoms with Crippen molar-refractivity contribution in [2.75, 3.05) is 5.32 Å². The van der Waals surface area contributed by atoms with Crippen LogP contribution < -0.4 is 5.32 Å². The van der Waals surface area contributed by atoms with E-state index in [9.17, 15) is 9.18 Å². The van der Waals surface area contributed by atoms with Crippen molar-refractivity contribution in [2.45, 2.75) is 0 Å². The standard InChI is InChI=1S/C16H11FN2O/c17-14-8-4-5-9-15(14)19-16(20)13(11-18)10-12-6-2-1-3-7-12/h1-10H,(H,19,20)/b13-10-. The predicted molar refractivity (Wildman–Crippen MR) is 75.1 cm³/mol. The number of benzene rings is 2. The summed E-state index contributed by atoms with van der Waals surface area (Å²) in [6, 6.07) is 16.6. The molecule has 3 nitrogen and oxygen atoms in total. The first-order valence-electron chi connectivity index (χ1n) is 5.93. The molecule has 0 aliphatic rings. The molecule has 98 valence electrons. The van der Waals surface area contributed by atoms with Gasteiger partial charge in [0, 0.05) is 0 Å². The van der Waals surface area contributed by atoms with Crippen LogP contribution in [0.1, 0.15) is 5.56 Å². The Hall–Kier alpha value is -2.93. The molecule has 1 N–H and O–H groups in total. The number of hydrogen-bond acceptors (Lipinski definition) is 2. The number of amides is 1. The molecule has 0 heterocycles. The Morgan fingerprint density at radius 3 is 2.40 bits per heavy atom. The number of nitrogens with zero attached hydrogens (tertiary/aromatic N) is 1. The fourth-order valence-corrected chi connectivity index (χ4v) is 1.62. The van der Waals surface area contributed by atoms with Gasteiger partial charge in [-0.2, -0.15) is 5.26 Å². The Morgan fingerprint density at radius 2 is 1.75 bits per heavy atom. The molecule has 20 heavy (non-hydrogen) atoms. The Bertz CT molecular complexity index is 687. The van der Waals surface area contributed by atoms with Gasteiger partial charge in [0.2, 0.25) is 0 Å². The number of hydrogen-bond donors (Lipinski definition) is 1. The zero-order chi connectivity index (χ0) is 14.4. The molecule has 4 heteroatoms. The first kappa shape index (κ1) is 13.5. The molecule has 0 bridgehead atoms. The quantitative estimate of drug-likeness (QED) is 0.684. The van der Waals surface area contributed by atoms with Crippen molar-refractivity contribution in [1.82, 2.24) is 0 Å². The van der Waals surface area contributed by atoms with E-state index in [1.165, 1.54) is 24.3 Å². The third-order valence-corrected chi connectivity index (χ3v) is 2.60. The predicted octanol–water partition coefficient (Wildman–Crippen LogP) is 3.37. The summed E-state index contributed by atoms with van der Waals surface area (Å²) in [7, 11) is 0. The lowest BCUT2D eigenvalue weighted by atomic mass is 10.1. The molecular weight excluding hydrogens is 255 g/mol. The largest absolute Gasteiger partial charge is 0.319 e. The minimum atomic E-state index is -0.638. The number of halogens is 1. The SMILES string of the molecule is N#C/C(=C/c1ccccc1)C(=O)Nc1ccccc1F. The van der Waals surface area contributed by atoms with Crippen LogP contribution in [-0.2, 0) is 4.79 Å². The molecule has 0 spiro atoms. The maximum atomic E-state index is 13.4. The van der Waals surface area contributed by atoms with Crippen molar-refractivity contribution in [3.8, 4) is 6.07 Å². The van der Waals surface area contributed by atoms with E-state index in [4.69, 9.17) is 5.26 Å². The number of nitrogens with one attached hydrogen (secondary N) is 1. The summed E-state index contributed by atoms with van der Waals surface area (Å²) in [6.07, 6.45) is 1.45. The van der Waals surface area contributed by atoms with Crippen LogP contribution in [0.4, 0.5) is 10.1 Å². The molecule has 0 fully saturated rings. The zero-order valence-corrected chi connectivity index (χ0v) is 10.5. The Labute approximate surface area is 116 Å². The topological polar surface area (TPSA) is 52.9 Å². The van der Waals surface area contributed by atoms with Crippen LogP contribution in [0.5, 0.6) is 0 Å². The second-order valence-corrected chi connectivity index (χ2v) is 4.01. The van der Waals surface area contributed by atoms with E-state index in [0.29, 0.717) is 0 Å². The fourth-order valence-electron chi connectivity index (χ4n) is 1.62. The Morgan fingerprint density at radius 1 is 1.10 bits per heavy atom. The minimum absolute atomic E-state index is 0.0479. The first-order chi connectivity index (χ1) is 9.70. The van der Waals surface area contributed by atoms with E-state index in [1.807, 2.05) is 12.1 Å². The lowest BCUT2D eigenvalue weighted by molar-refractivity contribution is -0.112. The molecule has 0 aromatic heterocycles. The number of carbonyl (C=O) groups excluding carboxylic acids is 1. The summed E-state index contributed by atoms with van der Waals surface area (Å²) < 4.78 is 13.4. The number of anilines is 1. The van der Waals surface area contributed by atoms with Gasteiger partial charge in [-0.1, -0.05) is 42.5 Å². The van der Waals surface area contributed by atoms with Crippen molar-refractivity contribution >= 4 is 17.7 Å². The van der Waals surface area contributed by atoms with Crippen LogP contribution >= 0.6 is 0 Å². The van der Waals surface area contributed by atoms with Crippen molar-refractivity contribution < 1.29 is 9.18 Å². The molecule has 2 rings (SSSR count). The summed E-state index contributed by atoms with van der Waals surface area (Å²) >= 11 is 0. The van der Waals surface area contributed by atoms with Gasteiger partial charge in [0.05, 0.1) is 5.69 Å². The molecule has 2 aromatic carbocycles. The molecule has 0 radical (unpaired) electrons. The third-order valence-electron chi connectivity index (χ3n) is 2.60. The smallest absolute Gasteiger partial charge is 0.266 e. The highest BCUT2D eigenvalue weighted by molar-refractivity contribution is 6.09. The molecule has 1 amide bonds. The second-order valence-electron chi connectivity index (χ2n) is 4.01. The van der Waals surface area contributed by atoms with Crippen molar-refractivity contribution in [3.63, 3.8) is 0 Å². The van der Waals surface area contributed by atoms with Gasteiger partial charge in [-0.05, 0) is 23.8 Å². The summed E-state index contributed by atoms with van der Waals surface area (Å²) in [4.78, 5) is 11.9. The molecule has 0 atom stereocenters. The van der Waals surface area contributed by atoms with Crippen molar-refractivity contribution in [3.05, 3.63) is 71.6 Å². The van der Waals surface area contributed by atoms with Gasteiger partial charge in [0.25, 0.3) is 5.91 Å². The summed E-state index contributed by atoms with van der Waals surface area (Å²) in [5, 5.41) is 11.4. The van der Waals surface area contributed by atoms with Crippen LogP contribution in [-0.4, -0.2) is 5.91 Å². The molecule has 0 unspecified atom stereocenters. The molecule has 0 aliphatic carbocycles. The average Bonchev–Trinajstić information content (AvgIpc) is 2.48. The molecular formula is C16H11FN2O. The van der Waals surface area contributed by atoms with E-state index in [2.05, 4.69) is 5.32 Å². The van der Waals surface area contributed by atoms with E-state index in [1.54, 1.807) is 30.3 Å². The van der Waals surface area contributed by atoms with Gasteiger partial charge in [-0.25, -0.2) is 4.39 Å². The number of rotatable bonds is 3. The third kappa shape index (κ3) is 3.30. The number of nitriles is 1. The van der Waals surface area contributed by atoms with Gasteiger partial charge in [-0.15, -0.1) is 0 Å². The lowest BCUT2D eigenvalue weighted by Gasteiger charge is -2.05. The van der Waals surface area contributed by atoms with Crippen molar-refractivity contribution in [2.24, 2.45) is 0 Å². The monoisotopic (exact) mass is 266 g/mol. The zero-order valence-electron chi connectivity index (χ0n) is 10.5. The van der Waals surface area contributed by atoms with Gasteiger partial charge >= 0.3 is 0 Å². The first-order valence-corrected chi connectivity index (χ1v) is 5.93. The maximum Gasteiger partial charge on any atom is 0.266 e. The molecule has 2 aromatic rings. The van der Waals surface area contributed by atoms with Crippen LogP contribution in [0.2, 0.25) is 0 Å². The van der Waals surface area contributed by atoms with E-state index < -0.39 is 11.7 Å². The van der Waals surface area contributed by atoms with Crippen molar-refractivity contribution in [1.29, 1.82) is 5.26 Å². The van der Waals surface area contributed by atoms with Gasteiger partial charge in [0.1, 0.15) is 17.5 Å². The molecule has 0 saturated heterocycles. The maximum absolute atomic E-state index is 13.4. The normalized spacial score (nSPS) is 10.7. The lowest BCUT2D eigenvalue weighted by Crippen LogP contribution is -2.14. The van der Waals surface area contributed by atoms with Gasteiger partial charge in [0.15, 0.2) is 0 Å². The number of carbonyl (C=O) groups is 1. The molecule has 0 saturated carbocycles. The van der Waals surface area contributed by atoms with Crippen LogP contribution in [0.25, 0.3) is 6.08 Å². The van der Waals surface area contributed by atoms with Crippen LogP contribution in [0.3, 0.4) is 0 Å². The Kier molecular flexibility index (Phi) is 4.25. The summed E-state index contributed by atoms with van der Waals surface area (Å²) in [6.45, 7) is 0. The highest BCUT2D eigenvalue weighted by atomic mass is 19.1. The highest BCUT2D eigenvalue weighted by Gasteiger charge is 2.11. The highest BCUT2D eigenvalue weighted by Crippen LogP contribution is 2.14. The van der Waals surface area contributed by atoms with E-state index in [0.717, 1.165) is 5.56 Å². The fraction of sp³-hybridized carbons (Fsp3) is 0. The summed E-state index contributed by atoms with van der Waals surface area (Å²) in [5.41, 5.74) is 0.693. The second kappa shape index (κ2) is 6.30. The van der Waals surface area contributed by atoms with Gasteiger partial charge in [-0.3, -0.25) is 4.79 Å². The molecule has 0 aliphatic heterocycles. The minimum Gasteiger partial charge on any atom is -0.319 e. The van der Waals surface area contributed by atoms with E-state index >= 15 is 0 Å². The van der Waals surface area contributed by atoms with Gasteiger partial charge < -0.3 is 5.32 Å². The summed E-state index contributed by atoms with van der Waals surface area (Å²) in [5.74, 6) is -1.18. The van der Waals surface area contributed by atoms with Crippen LogP contribution in [0.15, 0.2) is 60.2 Å². The Balaban J connectivity index is 2.21. The number of para-hydroxylation sites is 1. The van der Waals surface area contributed by atoms with Crippen LogP contribution in [0, 0.1) is 17.1 Å².